The Bertz CT molecular complexity index is 1050. The molecule has 2 aromatic carbocycles. The van der Waals surface area contributed by atoms with Crippen LogP contribution in [0.4, 0.5) is 11.4 Å². The lowest BCUT2D eigenvalue weighted by Gasteiger charge is -2.26. The maximum Gasteiger partial charge on any atom is 0.270 e. The molecule has 154 valence electrons. The standard InChI is InChI=1S/C18H19ClN4O5S/c1-13(15-4-2-3-5-16(15)19)20-21-17-7-6-14(23(24)25)12-18(17)29(26,27)22-8-10-28-11-9-22/h2-7,12,21H,8-11H2,1H3/b20-13+. The zero-order chi connectivity index (χ0) is 21.0. The van der Waals surface area contributed by atoms with Crippen LogP contribution in [0, 0.1) is 10.1 Å². The molecular weight excluding hydrogens is 420 g/mol. The van der Waals surface area contributed by atoms with E-state index < -0.39 is 14.9 Å². The highest BCUT2D eigenvalue weighted by molar-refractivity contribution is 7.89. The number of nitro benzene ring substituents is 1. The fourth-order valence-corrected chi connectivity index (χ4v) is 4.66. The van der Waals surface area contributed by atoms with E-state index in [1.165, 1.54) is 16.4 Å². The lowest BCUT2D eigenvalue weighted by atomic mass is 10.1. The van der Waals surface area contributed by atoms with Crippen molar-refractivity contribution in [1.29, 1.82) is 0 Å². The highest BCUT2D eigenvalue weighted by Crippen LogP contribution is 2.30. The van der Waals surface area contributed by atoms with Crippen LogP contribution in [0.5, 0.6) is 0 Å². The summed E-state index contributed by atoms with van der Waals surface area (Å²) in [5.41, 5.74) is 3.74. The van der Waals surface area contributed by atoms with Crippen molar-refractivity contribution in [2.24, 2.45) is 5.10 Å². The van der Waals surface area contributed by atoms with E-state index in [9.17, 15) is 18.5 Å². The molecule has 0 aliphatic carbocycles. The number of non-ortho nitro benzene ring substituents is 1. The number of sulfonamides is 1. The number of nitrogens with one attached hydrogen (secondary N) is 1. The van der Waals surface area contributed by atoms with E-state index in [0.717, 1.165) is 6.07 Å². The second-order valence-corrected chi connectivity index (χ2v) is 8.56. The molecule has 29 heavy (non-hydrogen) atoms. The number of halogens is 1. The van der Waals surface area contributed by atoms with Crippen LogP contribution in [0.3, 0.4) is 0 Å². The molecule has 1 fully saturated rings. The number of benzene rings is 2. The number of hydrogen-bond acceptors (Lipinski definition) is 7. The van der Waals surface area contributed by atoms with Gasteiger partial charge in [0.1, 0.15) is 4.90 Å². The highest BCUT2D eigenvalue weighted by atomic mass is 35.5. The molecule has 0 unspecified atom stereocenters. The number of nitro groups is 1. The zero-order valence-corrected chi connectivity index (χ0v) is 17.1. The van der Waals surface area contributed by atoms with Crippen molar-refractivity contribution in [3.05, 3.63) is 63.2 Å². The maximum atomic E-state index is 13.1. The number of rotatable bonds is 6. The van der Waals surface area contributed by atoms with Crippen LogP contribution in [0.15, 0.2) is 52.5 Å². The number of nitrogens with zero attached hydrogens (tertiary/aromatic N) is 3. The number of anilines is 1. The molecule has 0 amide bonds. The summed E-state index contributed by atoms with van der Waals surface area (Å²) in [7, 11) is -3.98. The summed E-state index contributed by atoms with van der Waals surface area (Å²) in [6.07, 6.45) is 0. The first kappa shape index (κ1) is 21.2. The largest absolute Gasteiger partial charge is 0.379 e. The number of hydrazone groups is 1. The van der Waals surface area contributed by atoms with Crippen LogP contribution >= 0.6 is 11.6 Å². The van der Waals surface area contributed by atoms with E-state index in [1.807, 2.05) is 0 Å². The summed E-state index contributed by atoms with van der Waals surface area (Å²) in [6, 6.07) is 10.7. The van der Waals surface area contributed by atoms with Crippen molar-refractivity contribution < 1.29 is 18.1 Å². The first-order valence-corrected chi connectivity index (χ1v) is 10.5. The van der Waals surface area contributed by atoms with Gasteiger partial charge >= 0.3 is 0 Å². The van der Waals surface area contributed by atoms with Crippen molar-refractivity contribution in [2.75, 3.05) is 31.7 Å². The van der Waals surface area contributed by atoms with Crippen LogP contribution in [0.25, 0.3) is 0 Å². The summed E-state index contributed by atoms with van der Waals surface area (Å²) in [6.45, 7) is 2.59. The van der Waals surface area contributed by atoms with Crippen molar-refractivity contribution in [3.63, 3.8) is 0 Å². The lowest BCUT2D eigenvalue weighted by molar-refractivity contribution is -0.385. The van der Waals surface area contributed by atoms with E-state index in [1.54, 1.807) is 31.2 Å². The Kier molecular flexibility index (Phi) is 6.48. The quantitative estimate of drug-likeness (QED) is 0.421. The molecule has 11 heteroatoms. The molecule has 1 heterocycles. The van der Waals surface area contributed by atoms with Crippen LogP contribution < -0.4 is 5.43 Å². The normalized spacial score (nSPS) is 15.9. The second-order valence-electron chi connectivity index (χ2n) is 6.24. The molecule has 0 atom stereocenters. The highest BCUT2D eigenvalue weighted by Gasteiger charge is 2.30. The smallest absolute Gasteiger partial charge is 0.270 e. The average Bonchev–Trinajstić information content (AvgIpc) is 2.72. The SMILES string of the molecule is C/C(=N\Nc1ccc([N+](=O)[O-])cc1S(=O)(=O)N1CCOCC1)c1ccccc1Cl. The molecule has 0 bridgehead atoms. The van der Waals surface area contributed by atoms with Gasteiger partial charge in [-0.15, -0.1) is 0 Å². The minimum absolute atomic E-state index is 0.133. The van der Waals surface area contributed by atoms with Crippen LogP contribution in [-0.4, -0.2) is 49.7 Å². The molecule has 2 aromatic rings. The molecule has 9 nitrogen and oxygen atoms in total. The van der Waals surface area contributed by atoms with Gasteiger partial charge in [-0.25, -0.2) is 8.42 Å². The van der Waals surface area contributed by atoms with Crippen LogP contribution in [0.1, 0.15) is 12.5 Å². The van der Waals surface area contributed by atoms with Crippen molar-refractivity contribution in [1.82, 2.24) is 4.31 Å². The van der Waals surface area contributed by atoms with E-state index >= 15 is 0 Å². The molecular formula is C18H19ClN4O5S. The molecule has 1 N–H and O–H groups in total. The molecule has 1 saturated heterocycles. The van der Waals surface area contributed by atoms with Gasteiger partial charge in [0.2, 0.25) is 10.0 Å². The number of morpholine rings is 1. The molecule has 0 radical (unpaired) electrons. The van der Waals surface area contributed by atoms with Gasteiger partial charge < -0.3 is 4.74 Å². The van der Waals surface area contributed by atoms with Gasteiger partial charge in [-0.05, 0) is 19.1 Å². The minimum Gasteiger partial charge on any atom is -0.379 e. The van der Waals surface area contributed by atoms with E-state index in [0.29, 0.717) is 16.3 Å². The molecule has 1 aliphatic heterocycles. The van der Waals surface area contributed by atoms with E-state index in [2.05, 4.69) is 10.5 Å². The second kappa shape index (κ2) is 8.87. The first-order chi connectivity index (χ1) is 13.8. The Hall–Kier alpha value is -2.53. The number of ether oxygens (including phenoxy) is 1. The summed E-state index contributed by atoms with van der Waals surface area (Å²) < 4.78 is 32.6. The third-order valence-electron chi connectivity index (χ3n) is 4.37. The topological polar surface area (TPSA) is 114 Å². The Morgan fingerprint density at radius 2 is 1.93 bits per heavy atom. The van der Waals surface area contributed by atoms with Gasteiger partial charge in [0.05, 0.1) is 29.5 Å². The fourth-order valence-electron chi connectivity index (χ4n) is 2.82. The average molecular weight is 439 g/mol. The van der Waals surface area contributed by atoms with Gasteiger partial charge in [-0.1, -0.05) is 29.8 Å². The van der Waals surface area contributed by atoms with Crippen molar-refractivity contribution in [2.45, 2.75) is 11.8 Å². The Morgan fingerprint density at radius 3 is 2.59 bits per heavy atom. The Morgan fingerprint density at radius 1 is 1.24 bits per heavy atom. The molecule has 3 rings (SSSR count). The van der Waals surface area contributed by atoms with Gasteiger partial charge in [0, 0.05) is 35.8 Å². The third-order valence-corrected chi connectivity index (χ3v) is 6.64. The predicted molar refractivity (Wildman–Crippen MR) is 110 cm³/mol. The third kappa shape index (κ3) is 4.73. The van der Waals surface area contributed by atoms with Gasteiger partial charge in [-0.3, -0.25) is 15.5 Å². The molecule has 0 aromatic heterocycles. The molecule has 0 spiro atoms. The minimum atomic E-state index is -3.98. The maximum absolute atomic E-state index is 13.1. The monoisotopic (exact) mass is 438 g/mol. The zero-order valence-electron chi connectivity index (χ0n) is 15.5. The summed E-state index contributed by atoms with van der Waals surface area (Å²) in [4.78, 5) is 10.3. The van der Waals surface area contributed by atoms with Gasteiger partial charge in [0.15, 0.2) is 0 Å². The number of hydrogen-bond donors (Lipinski definition) is 1. The summed E-state index contributed by atoms with van der Waals surface area (Å²) in [5, 5.41) is 15.9. The van der Waals surface area contributed by atoms with Crippen LogP contribution in [0.2, 0.25) is 5.02 Å². The molecule has 0 saturated carbocycles. The van der Waals surface area contributed by atoms with Gasteiger partial charge in [-0.2, -0.15) is 9.41 Å². The predicted octanol–water partition coefficient (Wildman–Crippen LogP) is 3.11. The van der Waals surface area contributed by atoms with Crippen molar-refractivity contribution >= 4 is 38.7 Å². The summed E-state index contributed by atoms with van der Waals surface area (Å²) >= 11 is 6.16. The Balaban J connectivity index is 1.99. The van der Waals surface area contributed by atoms with E-state index in [-0.39, 0.29) is 42.6 Å². The summed E-state index contributed by atoms with van der Waals surface area (Å²) in [5.74, 6) is 0. The molecule has 1 aliphatic rings. The van der Waals surface area contributed by atoms with Crippen molar-refractivity contribution in [3.8, 4) is 0 Å². The first-order valence-electron chi connectivity index (χ1n) is 8.72. The Labute approximate surface area is 173 Å². The van der Waals surface area contributed by atoms with Gasteiger partial charge in [0.25, 0.3) is 5.69 Å². The van der Waals surface area contributed by atoms with E-state index in [4.69, 9.17) is 16.3 Å². The fraction of sp³-hybridized carbons (Fsp3) is 0.278. The van der Waals surface area contributed by atoms with Crippen LogP contribution in [-0.2, 0) is 14.8 Å². The lowest BCUT2D eigenvalue weighted by Crippen LogP contribution is -2.40.